The van der Waals surface area contributed by atoms with Crippen LogP contribution in [-0.2, 0) is 30.4 Å². The molecule has 0 radical (unpaired) electrons. The number of fused-ring (bicyclic) bond motifs is 5. The highest BCUT2D eigenvalue weighted by Gasteiger charge is 2.49. The van der Waals surface area contributed by atoms with E-state index in [-0.39, 0.29) is 56.0 Å². The third-order valence-corrected chi connectivity index (χ3v) is 10.8. The molecule has 4 amide bonds. The number of aliphatic carboxylic acids is 1. The number of amides is 4. The van der Waals surface area contributed by atoms with Crippen molar-refractivity contribution in [2.24, 2.45) is 46.0 Å². The van der Waals surface area contributed by atoms with Gasteiger partial charge in [0.05, 0.1) is 6.54 Å². The minimum absolute atomic E-state index is 0.000394. The number of nitrogens with zero attached hydrogens (tertiary/aromatic N) is 3. The van der Waals surface area contributed by atoms with Gasteiger partial charge in [-0.2, -0.15) is 0 Å². The molecule has 1 aromatic carbocycles. The van der Waals surface area contributed by atoms with E-state index in [9.17, 15) is 29.1 Å². The van der Waals surface area contributed by atoms with Crippen LogP contribution < -0.4 is 27.4 Å². The number of guanidine groups is 1. The first-order chi connectivity index (χ1) is 24.4. The average molecular weight is 707 g/mol. The van der Waals surface area contributed by atoms with Gasteiger partial charge in [0.1, 0.15) is 24.2 Å². The minimum Gasteiger partial charge on any atom is -0.480 e. The van der Waals surface area contributed by atoms with E-state index in [1.165, 1.54) is 11.3 Å². The van der Waals surface area contributed by atoms with Crippen LogP contribution in [0.3, 0.4) is 0 Å². The van der Waals surface area contributed by atoms with Crippen molar-refractivity contribution in [1.82, 2.24) is 25.8 Å². The molecule has 5 rings (SSSR count). The number of benzene rings is 1. The molecule has 14 heteroatoms. The van der Waals surface area contributed by atoms with Crippen LogP contribution >= 0.6 is 0 Å². The van der Waals surface area contributed by atoms with E-state index >= 15 is 0 Å². The van der Waals surface area contributed by atoms with Gasteiger partial charge < -0.3 is 37.4 Å². The zero-order valence-corrected chi connectivity index (χ0v) is 29.7. The molecule has 51 heavy (non-hydrogen) atoms. The molecule has 2 aliphatic heterocycles. The van der Waals surface area contributed by atoms with Crippen molar-refractivity contribution in [1.29, 1.82) is 0 Å². The second-order valence-corrected chi connectivity index (χ2v) is 15.0. The number of rotatable bonds is 17. The fourth-order valence-corrected chi connectivity index (χ4v) is 8.37. The molecule has 8 atom stereocenters. The number of hydrogen-bond acceptors (Lipinski definition) is 7. The van der Waals surface area contributed by atoms with Crippen molar-refractivity contribution >= 4 is 35.6 Å². The van der Waals surface area contributed by atoms with E-state index in [0.717, 1.165) is 18.7 Å². The minimum atomic E-state index is -1.21. The summed E-state index contributed by atoms with van der Waals surface area (Å²) >= 11 is 0. The summed E-state index contributed by atoms with van der Waals surface area (Å²) < 4.78 is 0. The number of carbonyl (C=O) groups excluding carboxylic acids is 4. The lowest BCUT2D eigenvalue weighted by Gasteiger charge is -2.31. The molecule has 0 aromatic heterocycles. The monoisotopic (exact) mass is 706 g/mol. The molecule has 14 nitrogen and oxygen atoms in total. The molecular formula is C37H54N8O6. The Labute approximate surface area is 299 Å². The van der Waals surface area contributed by atoms with E-state index in [2.05, 4.69) is 38.0 Å². The van der Waals surface area contributed by atoms with Gasteiger partial charge in [0, 0.05) is 32.6 Å². The van der Waals surface area contributed by atoms with Crippen LogP contribution in [-0.4, -0.2) is 107 Å². The van der Waals surface area contributed by atoms with Gasteiger partial charge in [-0.15, -0.1) is 0 Å². The summed E-state index contributed by atoms with van der Waals surface area (Å²) in [7, 11) is 0. The lowest BCUT2D eigenvalue weighted by Crippen LogP contribution is -2.58. The quantitative estimate of drug-likeness (QED) is 0.0579. The third-order valence-electron chi connectivity index (χ3n) is 10.8. The first-order valence-corrected chi connectivity index (χ1v) is 18.3. The SMILES string of the molecule is CC(C)C[C@H](NC(=O)[C@@H]1CCCN1C(=O)[C@H](Cc1ccccc1)NC(=O)CN1CC2C3C=CC(C3)C2C1)C(=O)N[C@@H](CCCN=C(N)N)C(=O)O. The van der Waals surface area contributed by atoms with Gasteiger partial charge >= 0.3 is 5.97 Å². The Morgan fingerprint density at radius 3 is 2.25 bits per heavy atom. The maximum Gasteiger partial charge on any atom is 0.326 e. The summed E-state index contributed by atoms with van der Waals surface area (Å²) in [4.78, 5) is 74.4. The molecule has 0 spiro atoms. The first-order valence-electron chi connectivity index (χ1n) is 18.3. The van der Waals surface area contributed by atoms with Gasteiger partial charge in [0.25, 0.3) is 0 Å². The molecule has 4 aliphatic rings. The van der Waals surface area contributed by atoms with Gasteiger partial charge in [0.15, 0.2) is 5.96 Å². The van der Waals surface area contributed by atoms with Crippen molar-refractivity contribution in [3.8, 4) is 0 Å². The molecule has 1 saturated carbocycles. The number of aliphatic imine (C=N–C) groups is 1. The van der Waals surface area contributed by atoms with Gasteiger partial charge in [-0.05, 0) is 73.7 Å². The van der Waals surface area contributed by atoms with Crippen molar-refractivity contribution in [2.75, 3.05) is 32.7 Å². The van der Waals surface area contributed by atoms with E-state index in [4.69, 9.17) is 11.5 Å². The number of hydrogen-bond donors (Lipinski definition) is 6. The van der Waals surface area contributed by atoms with Gasteiger partial charge in [0.2, 0.25) is 23.6 Å². The fraction of sp³-hybridized carbons (Fsp3) is 0.622. The van der Waals surface area contributed by atoms with E-state index in [1.807, 2.05) is 44.2 Å². The highest BCUT2D eigenvalue weighted by atomic mass is 16.4. The molecule has 278 valence electrons. The number of nitrogens with one attached hydrogen (secondary N) is 3. The van der Waals surface area contributed by atoms with Crippen LogP contribution in [0.4, 0.5) is 0 Å². The Bertz CT molecular complexity index is 1460. The zero-order valence-electron chi connectivity index (χ0n) is 29.7. The molecule has 3 fully saturated rings. The summed E-state index contributed by atoms with van der Waals surface area (Å²) in [5, 5.41) is 18.1. The molecule has 4 unspecified atom stereocenters. The molecule has 8 N–H and O–H groups in total. The molecular weight excluding hydrogens is 652 g/mol. The predicted molar refractivity (Wildman–Crippen MR) is 192 cm³/mol. The van der Waals surface area contributed by atoms with Crippen LogP contribution in [0.15, 0.2) is 47.5 Å². The van der Waals surface area contributed by atoms with Crippen LogP contribution in [0.25, 0.3) is 0 Å². The Hall–Kier alpha value is -4.46. The molecule has 2 heterocycles. The zero-order chi connectivity index (χ0) is 36.7. The van der Waals surface area contributed by atoms with E-state index in [0.29, 0.717) is 49.5 Å². The van der Waals surface area contributed by atoms with Crippen molar-refractivity contribution in [3.05, 3.63) is 48.0 Å². The number of carbonyl (C=O) groups is 5. The second kappa shape index (κ2) is 17.2. The Kier molecular flexibility index (Phi) is 12.7. The smallest absolute Gasteiger partial charge is 0.326 e. The van der Waals surface area contributed by atoms with Crippen LogP contribution in [0, 0.1) is 29.6 Å². The molecule has 2 saturated heterocycles. The number of allylic oxidation sites excluding steroid dienone is 2. The van der Waals surface area contributed by atoms with E-state index < -0.39 is 42.0 Å². The number of nitrogens with two attached hydrogens (primary N) is 2. The number of carboxylic acids is 1. The van der Waals surface area contributed by atoms with Crippen molar-refractivity contribution < 1.29 is 29.1 Å². The normalized spacial score (nSPS) is 25.2. The lowest BCUT2D eigenvalue weighted by atomic mass is 9.86. The van der Waals surface area contributed by atoms with E-state index in [1.54, 1.807) is 0 Å². The summed E-state index contributed by atoms with van der Waals surface area (Å²) in [5.74, 6) is -0.603. The van der Waals surface area contributed by atoms with Gasteiger partial charge in [-0.3, -0.25) is 29.1 Å². The van der Waals surface area contributed by atoms with Crippen molar-refractivity contribution in [3.63, 3.8) is 0 Å². The fourth-order valence-electron chi connectivity index (χ4n) is 8.37. The highest BCUT2D eigenvalue weighted by Crippen LogP contribution is 2.51. The molecule has 2 bridgehead atoms. The first kappa shape index (κ1) is 37.8. The summed E-state index contributed by atoms with van der Waals surface area (Å²) in [6.07, 6.45) is 7.82. The maximum atomic E-state index is 14.2. The highest BCUT2D eigenvalue weighted by molar-refractivity contribution is 5.95. The summed E-state index contributed by atoms with van der Waals surface area (Å²) in [6, 6.07) is 5.54. The number of carboxylic acid groups (broad SMARTS) is 1. The van der Waals surface area contributed by atoms with Crippen molar-refractivity contribution in [2.45, 2.75) is 83.0 Å². The van der Waals surface area contributed by atoms with Crippen LogP contribution in [0.2, 0.25) is 0 Å². The standard InChI is InChI=1S/C37H54N8O6/c1-22(2)16-29(33(47)42-28(36(50)51)10-6-14-40-37(38)39)43-34(48)31-11-7-15-45(31)35(49)30(17-23-8-4-3-5-9-23)41-32(46)21-44-19-26-24-12-13-25(18-24)27(26)20-44/h3-5,8-9,12-13,22,24-31H,6-7,10-11,14-21H2,1-2H3,(H,41,46)(H,42,47)(H,43,48)(H,50,51)(H4,38,39,40)/t24?,25?,26?,27?,28-,29-,30-,31-/m0/s1. The predicted octanol–water partition coefficient (Wildman–Crippen LogP) is 0.613. The largest absolute Gasteiger partial charge is 0.480 e. The van der Waals surface area contributed by atoms with Crippen LogP contribution in [0.5, 0.6) is 0 Å². The second-order valence-electron chi connectivity index (χ2n) is 15.0. The Morgan fingerprint density at radius 2 is 1.63 bits per heavy atom. The molecule has 1 aromatic rings. The van der Waals surface area contributed by atoms with Gasteiger partial charge in [-0.1, -0.05) is 56.3 Å². The van der Waals surface area contributed by atoms with Gasteiger partial charge in [-0.25, -0.2) is 4.79 Å². The van der Waals surface area contributed by atoms with Crippen LogP contribution in [0.1, 0.15) is 57.9 Å². The third kappa shape index (κ3) is 9.87. The maximum absolute atomic E-state index is 14.2. The Morgan fingerprint density at radius 1 is 0.941 bits per heavy atom. The summed E-state index contributed by atoms with van der Waals surface area (Å²) in [5.41, 5.74) is 11.6. The number of likely N-dealkylation sites (tertiary alicyclic amines) is 2. The topological polar surface area (TPSA) is 213 Å². The molecule has 2 aliphatic carbocycles. The summed E-state index contributed by atoms with van der Waals surface area (Å²) in [6.45, 7) is 6.32. The Balaban J connectivity index is 1.23. The average Bonchev–Trinajstić information content (AvgIpc) is 3.89. The lowest BCUT2D eigenvalue weighted by molar-refractivity contribution is -0.143.